The summed E-state index contributed by atoms with van der Waals surface area (Å²) >= 11 is 1.43. The van der Waals surface area contributed by atoms with Gasteiger partial charge < -0.3 is 9.64 Å². The highest BCUT2D eigenvalue weighted by molar-refractivity contribution is 7.14. The van der Waals surface area contributed by atoms with Gasteiger partial charge >= 0.3 is 5.97 Å². The molecule has 0 saturated carbocycles. The van der Waals surface area contributed by atoms with E-state index >= 15 is 0 Å². The first kappa shape index (κ1) is 19.1. The summed E-state index contributed by atoms with van der Waals surface area (Å²) in [4.78, 5) is 29.8. The molecule has 148 valence electrons. The zero-order chi connectivity index (χ0) is 20.2. The molecule has 0 aliphatic carbocycles. The third-order valence-electron chi connectivity index (χ3n) is 4.84. The van der Waals surface area contributed by atoms with Gasteiger partial charge in [0.25, 0.3) is 5.69 Å². The molecule has 0 bridgehead atoms. The Labute approximate surface area is 171 Å². The van der Waals surface area contributed by atoms with Crippen molar-refractivity contribution < 1.29 is 14.5 Å². The number of aromatic nitrogens is 1. The summed E-state index contributed by atoms with van der Waals surface area (Å²) in [5, 5.41) is 13.6. The van der Waals surface area contributed by atoms with Crippen LogP contribution in [0.4, 0.5) is 10.8 Å². The number of nitro benzene ring substituents is 1. The molecule has 7 nitrogen and oxygen atoms in total. The second kappa shape index (κ2) is 8.40. The lowest BCUT2D eigenvalue weighted by molar-refractivity contribution is -0.384. The van der Waals surface area contributed by atoms with Gasteiger partial charge in [-0.15, -0.1) is 11.3 Å². The van der Waals surface area contributed by atoms with Crippen LogP contribution < -0.4 is 4.90 Å². The molecule has 2 heterocycles. The van der Waals surface area contributed by atoms with E-state index in [-0.39, 0.29) is 24.3 Å². The maximum Gasteiger partial charge on any atom is 0.329 e. The van der Waals surface area contributed by atoms with Gasteiger partial charge in [0.2, 0.25) is 0 Å². The highest BCUT2D eigenvalue weighted by Crippen LogP contribution is 2.33. The number of non-ortho nitro benzene ring substituents is 1. The fourth-order valence-electron chi connectivity index (χ4n) is 3.37. The van der Waals surface area contributed by atoms with Crippen molar-refractivity contribution in [2.24, 2.45) is 0 Å². The number of nitrogens with zero attached hydrogens (tertiary/aromatic N) is 3. The van der Waals surface area contributed by atoms with Gasteiger partial charge in [0, 0.05) is 29.6 Å². The van der Waals surface area contributed by atoms with Gasteiger partial charge in [0.05, 0.1) is 10.6 Å². The summed E-state index contributed by atoms with van der Waals surface area (Å²) in [5.41, 5.74) is 2.33. The van der Waals surface area contributed by atoms with Gasteiger partial charge in [0.1, 0.15) is 12.6 Å². The van der Waals surface area contributed by atoms with Crippen molar-refractivity contribution in [3.05, 3.63) is 75.7 Å². The van der Waals surface area contributed by atoms with Crippen LogP contribution in [0.5, 0.6) is 0 Å². The van der Waals surface area contributed by atoms with Crippen LogP contribution in [0.25, 0.3) is 11.3 Å². The van der Waals surface area contributed by atoms with E-state index in [4.69, 9.17) is 4.74 Å². The van der Waals surface area contributed by atoms with Gasteiger partial charge in [-0.1, -0.05) is 42.5 Å². The minimum absolute atomic E-state index is 0.0283. The third kappa shape index (κ3) is 4.27. The predicted octanol–water partition coefficient (Wildman–Crippen LogP) is 4.43. The largest absolute Gasteiger partial charge is 0.459 e. The van der Waals surface area contributed by atoms with Crippen molar-refractivity contribution in [1.29, 1.82) is 0 Å². The molecule has 1 atom stereocenters. The first-order valence-electron chi connectivity index (χ1n) is 9.29. The Hall–Kier alpha value is -3.26. The molecule has 2 aromatic carbocycles. The Morgan fingerprint density at radius 1 is 1.24 bits per heavy atom. The molecule has 0 N–H and O–H groups in total. The summed E-state index contributed by atoms with van der Waals surface area (Å²) in [6.45, 7) is 0.980. The Morgan fingerprint density at radius 2 is 2.07 bits per heavy atom. The first-order chi connectivity index (χ1) is 14.1. The summed E-state index contributed by atoms with van der Waals surface area (Å²) in [5.74, 6) is -0.251. The van der Waals surface area contributed by atoms with E-state index in [1.54, 1.807) is 12.1 Å². The van der Waals surface area contributed by atoms with Crippen molar-refractivity contribution in [3.8, 4) is 11.3 Å². The van der Waals surface area contributed by atoms with Crippen molar-refractivity contribution in [2.75, 3.05) is 11.4 Å². The Kier molecular flexibility index (Phi) is 5.53. The highest BCUT2D eigenvalue weighted by atomic mass is 32.1. The van der Waals surface area contributed by atoms with Crippen LogP contribution in [-0.2, 0) is 16.1 Å². The van der Waals surface area contributed by atoms with Crippen LogP contribution in [0.3, 0.4) is 0 Å². The number of rotatable bonds is 6. The fraction of sp³-hybridized carbons (Fsp3) is 0.238. The molecule has 0 unspecified atom stereocenters. The maximum absolute atomic E-state index is 12.6. The minimum atomic E-state index is -0.421. The van der Waals surface area contributed by atoms with Crippen molar-refractivity contribution in [2.45, 2.75) is 25.5 Å². The average Bonchev–Trinajstić information content (AvgIpc) is 3.42. The summed E-state index contributed by atoms with van der Waals surface area (Å²) in [7, 11) is 0. The number of esters is 1. The third-order valence-corrected chi connectivity index (χ3v) is 5.72. The number of nitro groups is 1. The number of hydrogen-bond donors (Lipinski definition) is 0. The number of anilines is 1. The highest BCUT2D eigenvalue weighted by Gasteiger charge is 2.34. The quantitative estimate of drug-likeness (QED) is 0.340. The smallest absolute Gasteiger partial charge is 0.329 e. The van der Waals surface area contributed by atoms with Crippen LogP contribution in [-0.4, -0.2) is 28.5 Å². The van der Waals surface area contributed by atoms with E-state index in [1.807, 2.05) is 40.6 Å². The Bertz CT molecular complexity index is 1020. The molecule has 0 amide bonds. The SMILES string of the molecule is O=C(OCc1ccccc1)[C@H]1CCCN1c1nc(-c2cccc([N+](=O)[O-])c2)cs1. The summed E-state index contributed by atoms with van der Waals surface area (Å²) in [6.07, 6.45) is 1.61. The van der Waals surface area contributed by atoms with E-state index in [0.717, 1.165) is 30.1 Å². The molecule has 1 saturated heterocycles. The minimum Gasteiger partial charge on any atom is -0.459 e. The Balaban J connectivity index is 1.47. The van der Waals surface area contributed by atoms with Crippen LogP contribution >= 0.6 is 11.3 Å². The predicted molar refractivity (Wildman–Crippen MR) is 111 cm³/mol. The summed E-state index contributed by atoms with van der Waals surface area (Å²) in [6, 6.07) is 15.6. The van der Waals surface area contributed by atoms with Gasteiger partial charge in [-0.3, -0.25) is 10.1 Å². The van der Waals surface area contributed by atoms with Gasteiger partial charge in [0.15, 0.2) is 5.13 Å². The van der Waals surface area contributed by atoms with E-state index in [9.17, 15) is 14.9 Å². The average molecular weight is 409 g/mol. The molecule has 1 aromatic heterocycles. The molecule has 29 heavy (non-hydrogen) atoms. The second-order valence-corrected chi connectivity index (χ2v) is 7.60. The van der Waals surface area contributed by atoms with E-state index < -0.39 is 4.92 Å². The molecular weight excluding hydrogens is 390 g/mol. The van der Waals surface area contributed by atoms with Gasteiger partial charge in [-0.2, -0.15) is 0 Å². The standard InChI is InChI=1S/C21H19N3O4S/c25-20(28-13-15-6-2-1-3-7-15)19-10-5-11-23(19)21-22-18(14-29-21)16-8-4-9-17(12-16)24(26)27/h1-4,6-9,12,14,19H,5,10-11,13H2/t19-/m1/s1. The number of thiazole rings is 1. The van der Waals surface area contributed by atoms with Crippen molar-refractivity contribution in [3.63, 3.8) is 0 Å². The number of carbonyl (C=O) groups excluding carboxylic acids is 1. The fourth-order valence-corrected chi connectivity index (χ4v) is 4.28. The molecule has 3 aromatic rings. The van der Waals surface area contributed by atoms with Gasteiger partial charge in [-0.25, -0.2) is 9.78 Å². The van der Waals surface area contributed by atoms with Crippen LogP contribution in [0.15, 0.2) is 60.0 Å². The molecule has 1 fully saturated rings. The lowest BCUT2D eigenvalue weighted by Crippen LogP contribution is -2.37. The van der Waals surface area contributed by atoms with Gasteiger partial charge in [-0.05, 0) is 18.4 Å². The Morgan fingerprint density at radius 3 is 2.86 bits per heavy atom. The van der Waals surface area contributed by atoms with Crippen LogP contribution in [0.1, 0.15) is 18.4 Å². The number of carbonyl (C=O) groups is 1. The molecule has 8 heteroatoms. The molecule has 0 spiro atoms. The monoisotopic (exact) mass is 409 g/mol. The van der Waals surface area contributed by atoms with E-state index in [2.05, 4.69) is 4.98 Å². The van der Waals surface area contributed by atoms with Crippen molar-refractivity contribution >= 4 is 28.1 Å². The number of ether oxygens (including phenoxy) is 1. The lowest BCUT2D eigenvalue weighted by Gasteiger charge is -2.22. The summed E-state index contributed by atoms with van der Waals surface area (Å²) < 4.78 is 5.52. The topological polar surface area (TPSA) is 85.6 Å². The zero-order valence-corrected chi connectivity index (χ0v) is 16.4. The number of benzene rings is 2. The number of hydrogen-bond acceptors (Lipinski definition) is 7. The lowest BCUT2D eigenvalue weighted by atomic mass is 10.1. The second-order valence-electron chi connectivity index (χ2n) is 6.77. The normalized spacial score (nSPS) is 16.0. The molecular formula is C21H19N3O4S. The molecule has 0 radical (unpaired) electrons. The zero-order valence-electron chi connectivity index (χ0n) is 15.6. The van der Waals surface area contributed by atoms with E-state index in [1.165, 1.54) is 23.5 Å². The van der Waals surface area contributed by atoms with Crippen molar-refractivity contribution in [1.82, 2.24) is 4.98 Å². The first-order valence-corrected chi connectivity index (χ1v) is 10.2. The van der Waals surface area contributed by atoms with E-state index in [0.29, 0.717) is 11.3 Å². The van der Waals surface area contributed by atoms with Crippen LogP contribution in [0.2, 0.25) is 0 Å². The van der Waals surface area contributed by atoms with Crippen LogP contribution in [0, 0.1) is 10.1 Å². The maximum atomic E-state index is 12.6. The molecule has 4 rings (SSSR count). The molecule has 1 aliphatic heterocycles. The molecule has 1 aliphatic rings.